The highest BCUT2D eigenvalue weighted by Gasteiger charge is 2.08. The Morgan fingerprint density at radius 3 is 3.17 bits per heavy atom. The smallest absolute Gasteiger partial charge is 0.408 e. The van der Waals surface area contributed by atoms with Crippen LogP contribution in [0.2, 0.25) is 0 Å². The molecule has 1 unspecified atom stereocenters. The minimum absolute atomic E-state index is 0.175. The summed E-state index contributed by atoms with van der Waals surface area (Å²) in [7, 11) is 0. The third-order valence-corrected chi connectivity index (χ3v) is 3.64. The van der Waals surface area contributed by atoms with Gasteiger partial charge in [-0.15, -0.1) is 11.3 Å². The number of hydrogen-bond donors (Lipinski definition) is 2. The molecule has 92 valence electrons. The molecule has 1 aromatic carbocycles. The second-order valence-electron chi connectivity index (χ2n) is 4.00. The van der Waals surface area contributed by atoms with Gasteiger partial charge in [-0.25, -0.2) is 4.79 Å². The van der Waals surface area contributed by atoms with Crippen LogP contribution in [0.1, 0.15) is 17.8 Å². The maximum atomic E-state index is 11.1. The van der Waals surface area contributed by atoms with Crippen molar-refractivity contribution in [3.63, 3.8) is 0 Å². The zero-order chi connectivity index (χ0) is 12.5. The lowest BCUT2D eigenvalue weighted by molar-refractivity contribution is 0.555. The molecular formula is C12H11N3O2S. The Balaban J connectivity index is 1.88. The Labute approximate surface area is 106 Å². The van der Waals surface area contributed by atoms with E-state index >= 15 is 0 Å². The number of anilines is 1. The number of fused-ring (bicyclic) bond motifs is 1. The van der Waals surface area contributed by atoms with Crippen LogP contribution in [0.5, 0.6) is 0 Å². The summed E-state index contributed by atoms with van der Waals surface area (Å²) in [5.74, 6) is -0.433. The molecule has 1 atom stereocenters. The molecule has 0 fully saturated rings. The van der Waals surface area contributed by atoms with E-state index in [-0.39, 0.29) is 6.04 Å². The molecule has 0 saturated carbocycles. The highest BCUT2D eigenvalue weighted by Crippen LogP contribution is 2.23. The van der Waals surface area contributed by atoms with Gasteiger partial charge in [0.2, 0.25) is 0 Å². The molecule has 0 saturated heterocycles. The molecule has 0 spiro atoms. The van der Waals surface area contributed by atoms with Crippen LogP contribution in [0.3, 0.4) is 0 Å². The van der Waals surface area contributed by atoms with E-state index in [1.54, 1.807) is 17.4 Å². The van der Waals surface area contributed by atoms with Crippen LogP contribution >= 0.6 is 11.3 Å². The van der Waals surface area contributed by atoms with Gasteiger partial charge in [-0.2, -0.15) is 0 Å². The molecule has 3 aromatic rings. The van der Waals surface area contributed by atoms with Gasteiger partial charge in [-0.05, 0) is 25.1 Å². The highest BCUT2D eigenvalue weighted by molar-refractivity contribution is 7.09. The maximum Gasteiger partial charge on any atom is 0.417 e. The van der Waals surface area contributed by atoms with E-state index in [1.807, 2.05) is 23.8 Å². The molecule has 0 aliphatic carbocycles. The SMILES string of the molecule is CC(Nc1ccc2oc(=O)[nH]c2c1)c1cncs1. The minimum Gasteiger partial charge on any atom is -0.408 e. The molecule has 2 heterocycles. The highest BCUT2D eigenvalue weighted by atomic mass is 32.1. The first-order chi connectivity index (χ1) is 8.72. The van der Waals surface area contributed by atoms with Gasteiger partial charge in [-0.3, -0.25) is 9.97 Å². The summed E-state index contributed by atoms with van der Waals surface area (Å²) < 4.78 is 4.95. The van der Waals surface area contributed by atoms with Crippen LogP contribution < -0.4 is 11.1 Å². The molecule has 6 heteroatoms. The third kappa shape index (κ3) is 2.02. The molecule has 2 N–H and O–H groups in total. The summed E-state index contributed by atoms with van der Waals surface area (Å²) in [5.41, 5.74) is 4.00. The fourth-order valence-electron chi connectivity index (χ4n) is 1.80. The topological polar surface area (TPSA) is 70.9 Å². The van der Waals surface area contributed by atoms with Crippen LogP contribution in [-0.2, 0) is 0 Å². The predicted octanol–water partition coefficient (Wildman–Crippen LogP) is 2.75. The second-order valence-corrected chi connectivity index (χ2v) is 4.91. The number of H-pyrrole nitrogens is 1. The lowest BCUT2D eigenvalue weighted by Crippen LogP contribution is -2.04. The van der Waals surface area contributed by atoms with Crippen molar-refractivity contribution in [2.45, 2.75) is 13.0 Å². The van der Waals surface area contributed by atoms with Crippen molar-refractivity contribution < 1.29 is 4.42 Å². The average Bonchev–Trinajstić information content (AvgIpc) is 2.95. The molecule has 3 rings (SSSR count). The van der Waals surface area contributed by atoms with Crippen molar-refractivity contribution in [3.05, 3.63) is 45.3 Å². The second kappa shape index (κ2) is 4.30. The molecule has 0 aliphatic heterocycles. The first-order valence-electron chi connectivity index (χ1n) is 5.50. The quantitative estimate of drug-likeness (QED) is 0.760. The van der Waals surface area contributed by atoms with Crippen LogP contribution in [0.25, 0.3) is 11.1 Å². The van der Waals surface area contributed by atoms with Crippen LogP contribution in [-0.4, -0.2) is 9.97 Å². The molecule has 0 radical (unpaired) electrons. The van der Waals surface area contributed by atoms with Crippen molar-refractivity contribution >= 4 is 28.1 Å². The van der Waals surface area contributed by atoms with Gasteiger partial charge in [0, 0.05) is 16.8 Å². The number of oxazole rings is 1. The van der Waals surface area contributed by atoms with E-state index < -0.39 is 5.76 Å². The number of aromatic nitrogens is 2. The van der Waals surface area contributed by atoms with Crippen molar-refractivity contribution in [3.8, 4) is 0 Å². The number of hydrogen-bond acceptors (Lipinski definition) is 5. The molecular weight excluding hydrogens is 250 g/mol. The molecule has 0 amide bonds. The van der Waals surface area contributed by atoms with E-state index in [4.69, 9.17) is 4.42 Å². The number of benzene rings is 1. The summed E-state index contributed by atoms with van der Waals surface area (Å²) >= 11 is 1.61. The van der Waals surface area contributed by atoms with Crippen molar-refractivity contribution in [1.82, 2.24) is 9.97 Å². The first-order valence-corrected chi connectivity index (χ1v) is 6.38. The molecule has 5 nitrogen and oxygen atoms in total. The van der Waals surface area contributed by atoms with Crippen LogP contribution in [0, 0.1) is 0 Å². The summed E-state index contributed by atoms with van der Waals surface area (Å²) in [6, 6.07) is 5.69. The molecule has 18 heavy (non-hydrogen) atoms. The predicted molar refractivity (Wildman–Crippen MR) is 71.0 cm³/mol. The fraction of sp³-hybridized carbons (Fsp3) is 0.167. The van der Waals surface area contributed by atoms with Gasteiger partial charge >= 0.3 is 5.76 Å². The average molecular weight is 261 g/mol. The van der Waals surface area contributed by atoms with Crippen molar-refractivity contribution in [2.75, 3.05) is 5.32 Å². The van der Waals surface area contributed by atoms with E-state index in [2.05, 4.69) is 22.2 Å². The zero-order valence-electron chi connectivity index (χ0n) is 9.64. The molecule has 0 bridgehead atoms. The number of nitrogens with one attached hydrogen (secondary N) is 2. The third-order valence-electron chi connectivity index (χ3n) is 2.68. The monoisotopic (exact) mass is 261 g/mol. The van der Waals surface area contributed by atoms with Gasteiger partial charge < -0.3 is 9.73 Å². The Bertz CT molecular complexity index is 714. The van der Waals surface area contributed by atoms with Crippen LogP contribution in [0.4, 0.5) is 5.69 Å². The Morgan fingerprint density at radius 1 is 1.50 bits per heavy atom. The summed E-state index contributed by atoms with van der Waals surface area (Å²) in [6.07, 6.45) is 1.85. The summed E-state index contributed by atoms with van der Waals surface area (Å²) in [5, 5.41) is 3.35. The van der Waals surface area contributed by atoms with E-state index in [0.717, 1.165) is 10.6 Å². The van der Waals surface area contributed by atoms with Gasteiger partial charge in [0.1, 0.15) is 0 Å². The normalized spacial score (nSPS) is 12.7. The van der Waals surface area contributed by atoms with Crippen molar-refractivity contribution in [2.24, 2.45) is 0 Å². The largest absolute Gasteiger partial charge is 0.417 e. The number of rotatable bonds is 3. The number of thiazole rings is 1. The van der Waals surface area contributed by atoms with Crippen LogP contribution in [0.15, 0.2) is 39.1 Å². The Kier molecular flexibility index (Phi) is 2.64. The number of aromatic amines is 1. The zero-order valence-corrected chi connectivity index (χ0v) is 10.5. The standard InChI is InChI=1S/C12H11N3O2S/c1-7(11-5-13-6-18-11)14-8-2-3-10-9(4-8)15-12(16)17-10/h2-7,14H,1H3,(H,15,16). The van der Waals surface area contributed by atoms with Gasteiger partial charge in [0.05, 0.1) is 17.1 Å². The summed E-state index contributed by atoms with van der Waals surface area (Å²) in [6.45, 7) is 2.07. The van der Waals surface area contributed by atoms with Crippen molar-refractivity contribution in [1.29, 1.82) is 0 Å². The lowest BCUT2D eigenvalue weighted by atomic mass is 10.2. The molecule has 0 aliphatic rings. The minimum atomic E-state index is -0.433. The maximum absolute atomic E-state index is 11.1. The summed E-state index contributed by atoms with van der Waals surface area (Å²) in [4.78, 5) is 18.9. The van der Waals surface area contributed by atoms with E-state index in [9.17, 15) is 4.79 Å². The van der Waals surface area contributed by atoms with Gasteiger partial charge in [-0.1, -0.05) is 0 Å². The fourth-order valence-corrected chi connectivity index (χ4v) is 2.43. The first kappa shape index (κ1) is 11.0. The van der Waals surface area contributed by atoms with E-state index in [0.29, 0.717) is 11.1 Å². The van der Waals surface area contributed by atoms with Gasteiger partial charge in [0.25, 0.3) is 0 Å². The lowest BCUT2D eigenvalue weighted by Gasteiger charge is -2.12. The number of nitrogens with zero attached hydrogens (tertiary/aromatic N) is 1. The Hall–Kier alpha value is -2.08. The Morgan fingerprint density at radius 2 is 2.39 bits per heavy atom. The van der Waals surface area contributed by atoms with Gasteiger partial charge in [0.15, 0.2) is 5.58 Å². The van der Waals surface area contributed by atoms with E-state index in [1.165, 1.54) is 0 Å². The molecule has 2 aromatic heterocycles.